The van der Waals surface area contributed by atoms with E-state index < -0.39 is 44.4 Å². The molecule has 196 valence electrons. The summed E-state index contributed by atoms with van der Waals surface area (Å²) >= 11 is 0. The number of carbonyl (C=O) groups is 1. The second-order valence-electron chi connectivity index (χ2n) is 8.38. The van der Waals surface area contributed by atoms with Gasteiger partial charge in [0.15, 0.2) is 0 Å². The third-order valence-electron chi connectivity index (χ3n) is 5.72. The number of alkyl halides is 3. The van der Waals surface area contributed by atoms with Crippen molar-refractivity contribution in [2.75, 3.05) is 17.4 Å². The number of amides is 1. The van der Waals surface area contributed by atoms with E-state index in [1.807, 2.05) is 0 Å². The largest absolute Gasteiger partial charge is 0.486 e. The lowest BCUT2D eigenvalue weighted by Gasteiger charge is -2.36. The molecule has 0 radical (unpaired) electrons. The van der Waals surface area contributed by atoms with Crippen LogP contribution in [0, 0.1) is 11.6 Å². The van der Waals surface area contributed by atoms with Crippen LogP contribution < -0.4 is 14.4 Å². The zero-order valence-electron chi connectivity index (χ0n) is 19.4. The third-order valence-corrected chi connectivity index (χ3v) is 7.50. The summed E-state index contributed by atoms with van der Waals surface area (Å²) in [6, 6.07) is 10.2. The van der Waals surface area contributed by atoms with Crippen molar-refractivity contribution in [3.8, 4) is 16.9 Å². The normalized spacial score (nSPS) is 15.6. The van der Waals surface area contributed by atoms with Crippen LogP contribution in [0.4, 0.5) is 27.6 Å². The van der Waals surface area contributed by atoms with Crippen LogP contribution in [0.2, 0.25) is 0 Å². The van der Waals surface area contributed by atoms with Crippen molar-refractivity contribution in [2.45, 2.75) is 30.5 Å². The molecule has 1 aliphatic heterocycles. The lowest BCUT2D eigenvalue weighted by molar-refractivity contribution is -0.137. The summed E-state index contributed by atoms with van der Waals surface area (Å²) in [6.45, 7) is 1.19. The van der Waals surface area contributed by atoms with Gasteiger partial charge in [-0.2, -0.15) is 13.2 Å². The smallest absolute Gasteiger partial charge is 0.416 e. The first-order chi connectivity index (χ1) is 17.4. The molecule has 1 heterocycles. The fourth-order valence-electron chi connectivity index (χ4n) is 3.95. The minimum atomic E-state index is -4.77. The lowest BCUT2D eigenvalue weighted by Crippen LogP contribution is -2.44. The van der Waals surface area contributed by atoms with E-state index in [1.165, 1.54) is 25.1 Å². The minimum Gasteiger partial charge on any atom is -0.486 e. The molecule has 3 aromatic rings. The van der Waals surface area contributed by atoms with Gasteiger partial charge < -0.3 is 10.1 Å². The summed E-state index contributed by atoms with van der Waals surface area (Å²) in [5.41, 5.74) is -1.18. The lowest BCUT2D eigenvalue weighted by atomic mass is 10.0. The Morgan fingerprint density at radius 3 is 2.54 bits per heavy atom. The van der Waals surface area contributed by atoms with Gasteiger partial charge in [-0.05, 0) is 54.1 Å². The van der Waals surface area contributed by atoms with Crippen LogP contribution >= 0.6 is 0 Å². The molecule has 0 saturated carbocycles. The molecule has 4 rings (SSSR count). The van der Waals surface area contributed by atoms with Crippen LogP contribution in [0.5, 0.6) is 5.75 Å². The quantitative estimate of drug-likeness (QED) is 0.440. The molecule has 1 aliphatic rings. The topological polar surface area (TPSA) is 75.7 Å². The average Bonchev–Trinajstić information content (AvgIpc) is 2.84. The maximum absolute atomic E-state index is 14.4. The summed E-state index contributed by atoms with van der Waals surface area (Å²) in [7, 11) is -4.55. The third kappa shape index (κ3) is 5.68. The molecule has 37 heavy (non-hydrogen) atoms. The fourth-order valence-corrected chi connectivity index (χ4v) is 5.49. The molecule has 0 fully saturated rings. The first kappa shape index (κ1) is 26.4. The van der Waals surface area contributed by atoms with Crippen molar-refractivity contribution in [1.29, 1.82) is 0 Å². The van der Waals surface area contributed by atoms with Gasteiger partial charge in [0.1, 0.15) is 23.5 Å². The monoisotopic (exact) mass is 540 g/mol. The molecule has 0 saturated heterocycles. The van der Waals surface area contributed by atoms with Gasteiger partial charge in [0, 0.05) is 25.5 Å². The molecule has 0 aliphatic carbocycles. The van der Waals surface area contributed by atoms with Gasteiger partial charge in [-0.15, -0.1) is 0 Å². The van der Waals surface area contributed by atoms with Crippen molar-refractivity contribution in [1.82, 2.24) is 5.32 Å². The Morgan fingerprint density at radius 2 is 1.84 bits per heavy atom. The number of carbonyl (C=O) groups excluding carboxylic acids is 1. The number of ether oxygens (including phenoxy) is 1. The Morgan fingerprint density at radius 1 is 1.08 bits per heavy atom. The van der Waals surface area contributed by atoms with Gasteiger partial charge in [0.2, 0.25) is 5.91 Å². The summed E-state index contributed by atoms with van der Waals surface area (Å²) in [4.78, 5) is 10.6. The van der Waals surface area contributed by atoms with Crippen molar-refractivity contribution >= 4 is 21.6 Å². The maximum Gasteiger partial charge on any atom is 0.416 e. The van der Waals surface area contributed by atoms with Gasteiger partial charge in [0.05, 0.1) is 22.7 Å². The Labute approximate surface area is 209 Å². The number of hydrogen-bond donors (Lipinski definition) is 1. The van der Waals surface area contributed by atoms with E-state index in [0.717, 1.165) is 40.7 Å². The molecule has 0 unspecified atom stereocenters. The second-order valence-corrected chi connectivity index (χ2v) is 10.2. The molecule has 0 bridgehead atoms. The Hall–Kier alpha value is -3.67. The van der Waals surface area contributed by atoms with Crippen molar-refractivity contribution < 1.29 is 39.9 Å². The van der Waals surface area contributed by atoms with Crippen LogP contribution in [0.25, 0.3) is 11.1 Å². The summed E-state index contributed by atoms with van der Waals surface area (Å²) in [5, 5.41) is 2.58. The zero-order chi connectivity index (χ0) is 27.0. The molecule has 1 atom stereocenters. The predicted molar refractivity (Wildman–Crippen MR) is 125 cm³/mol. The molecular weight excluding hydrogens is 519 g/mol. The van der Waals surface area contributed by atoms with Gasteiger partial charge in [-0.25, -0.2) is 17.2 Å². The van der Waals surface area contributed by atoms with E-state index in [1.54, 1.807) is 0 Å². The van der Waals surface area contributed by atoms with E-state index in [2.05, 4.69) is 5.32 Å². The SMILES string of the molecule is CC(=O)NCC[C@@H]1CN(S(=O)(=O)c2cccc(C(F)(F)F)c2)c2cc(-c3cc(F)ccc3F)ccc2O1. The molecular formula is C25H21F5N2O4S. The van der Waals surface area contributed by atoms with E-state index in [4.69, 9.17) is 4.74 Å². The first-order valence-electron chi connectivity index (χ1n) is 11.1. The number of benzene rings is 3. The highest BCUT2D eigenvalue weighted by molar-refractivity contribution is 7.92. The van der Waals surface area contributed by atoms with Gasteiger partial charge in [-0.3, -0.25) is 9.10 Å². The number of rotatable bonds is 6. The van der Waals surface area contributed by atoms with Gasteiger partial charge in [0.25, 0.3) is 10.0 Å². The van der Waals surface area contributed by atoms with Crippen molar-refractivity contribution in [3.05, 3.63) is 77.9 Å². The molecule has 6 nitrogen and oxygen atoms in total. The van der Waals surface area contributed by atoms with Crippen LogP contribution in [-0.4, -0.2) is 33.5 Å². The number of nitrogens with one attached hydrogen (secondary N) is 1. The zero-order valence-corrected chi connectivity index (χ0v) is 20.2. The molecule has 3 aromatic carbocycles. The van der Waals surface area contributed by atoms with Gasteiger partial charge >= 0.3 is 6.18 Å². The van der Waals surface area contributed by atoms with Crippen LogP contribution in [0.1, 0.15) is 18.9 Å². The van der Waals surface area contributed by atoms with Crippen LogP contribution in [-0.2, 0) is 21.0 Å². The number of halogens is 5. The van der Waals surface area contributed by atoms with E-state index >= 15 is 0 Å². The molecule has 1 N–H and O–H groups in total. The number of fused-ring (bicyclic) bond motifs is 1. The number of sulfonamides is 1. The van der Waals surface area contributed by atoms with E-state index in [0.29, 0.717) is 6.07 Å². The second kappa shape index (κ2) is 10.0. The highest BCUT2D eigenvalue weighted by atomic mass is 32.2. The summed E-state index contributed by atoms with van der Waals surface area (Å²) < 4.78 is 102. The highest BCUT2D eigenvalue weighted by Gasteiger charge is 2.37. The van der Waals surface area contributed by atoms with E-state index in [9.17, 15) is 35.2 Å². The Balaban J connectivity index is 1.80. The van der Waals surface area contributed by atoms with Crippen LogP contribution in [0.3, 0.4) is 0 Å². The fraction of sp³-hybridized carbons (Fsp3) is 0.240. The number of nitrogens with zero attached hydrogens (tertiary/aromatic N) is 1. The highest BCUT2D eigenvalue weighted by Crippen LogP contribution is 2.41. The predicted octanol–water partition coefficient (Wildman–Crippen LogP) is 5.13. The maximum atomic E-state index is 14.4. The first-order valence-corrected chi connectivity index (χ1v) is 12.5. The molecule has 12 heteroatoms. The van der Waals surface area contributed by atoms with E-state index in [-0.39, 0.29) is 48.0 Å². The number of anilines is 1. The number of hydrogen-bond acceptors (Lipinski definition) is 4. The Bertz CT molecular complexity index is 1440. The summed E-state index contributed by atoms with van der Waals surface area (Å²) in [6.07, 6.45) is -5.32. The standard InChI is InChI=1S/C25H21F5N2O4S/c1-15(33)31-10-9-19-14-32(37(34,35)20-4-2-3-17(12-20)25(28,29)30)23-11-16(5-8-24(23)36-19)21-13-18(26)6-7-22(21)27/h2-8,11-13,19H,9-10,14H2,1H3,(H,31,33)/t19-/m1/s1. The molecule has 0 spiro atoms. The van der Waals surface area contributed by atoms with Crippen molar-refractivity contribution in [2.24, 2.45) is 0 Å². The van der Waals surface area contributed by atoms with Crippen molar-refractivity contribution in [3.63, 3.8) is 0 Å². The summed E-state index contributed by atoms with van der Waals surface area (Å²) in [5.74, 6) is -1.68. The Kier molecular flexibility index (Phi) is 7.13. The molecule has 1 amide bonds. The van der Waals surface area contributed by atoms with Crippen LogP contribution in [0.15, 0.2) is 65.6 Å². The molecule has 0 aromatic heterocycles. The average molecular weight is 541 g/mol. The minimum absolute atomic E-state index is 0.0469. The van der Waals surface area contributed by atoms with Gasteiger partial charge in [-0.1, -0.05) is 12.1 Å².